The highest BCUT2D eigenvalue weighted by Crippen LogP contribution is 2.29. The Bertz CT molecular complexity index is 1150. The SMILES string of the molecule is Clc1ccc(-c2ccc3c(N4CCOCC4)nc(-c4cccnc4)nc3n2)cc1. The molecule has 4 aromatic rings. The predicted molar refractivity (Wildman–Crippen MR) is 114 cm³/mol. The van der Waals surface area contributed by atoms with E-state index in [2.05, 4.69) is 9.88 Å². The smallest absolute Gasteiger partial charge is 0.165 e. The Hall–Kier alpha value is -3.09. The lowest BCUT2D eigenvalue weighted by Crippen LogP contribution is -2.37. The normalized spacial score (nSPS) is 14.3. The lowest BCUT2D eigenvalue weighted by atomic mass is 10.1. The maximum atomic E-state index is 6.03. The van der Waals surface area contributed by atoms with E-state index < -0.39 is 0 Å². The van der Waals surface area contributed by atoms with Gasteiger partial charge in [0.2, 0.25) is 0 Å². The van der Waals surface area contributed by atoms with Crippen LogP contribution in [0.2, 0.25) is 5.02 Å². The Morgan fingerprint density at radius 1 is 0.862 bits per heavy atom. The second-order valence-corrected chi connectivity index (χ2v) is 7.22. The summed E-state index contributed by atoms with van der Waals surface area (Å²) in [6.45, 7) is 2.95. The second-order valence-electron chi connectivity index (χ2n) is 6.79. The van der Waals surface area contributed by atoms with Crippen molar-refractivity contribution in [3.05, 3.63) is 65.9 Å². The molecule has 1 aliphatic rings. The van der Waals surface area contributed by atoms with Crippen LogP contribution in [0.15, 0.2) is 60.9 Å². The first-order valence-electron chi connectivity index (χ1n) is 9.46. The topological polar surface area (TPSA) is 64.0 Å². The van der Waals surface area contributed by atoms with Crippen molar-refractivity contribution in [2.45, 2.75) is 0 Å². The number of aromatic nitrogens is 4. The van der Waals surface area contributed by atoms with Gasteiger partial charge in [0.25, 0.3) is 0 Å². The molecule has 1 saturated heterocycles. The number of pyridine rings is 2. The number of morpholine rings is 1. The van der Waals surface area contributed by atoms with Crippen LogP contribution < -0.4 is 4.90 Å². The minimum Gasteiger partial charge on any atom is -0.378 e. The number of ether oxygens (including phenoxy) is 1. The van der Waals surface area contributed by atoms with Crippen molar-refractivity contribution in [3.8, 4) is 22.6 Å². The van der Waals surface area contributed by atoms with Crippen molar-refractivity contribution < 1.29 is 4.74 Å². The molecular weight excluding hydrogens is 386 g/mol. The summed E-state index contributed by atoms with van der Waals surface area (Å²) in [6, 6.07) is 15.5. The number of hydrogen-bond donors (Lipinski definition) is 0. The molecule has 0 saturated carbocycles. The van der Waals surface area contributed by atoms with E-state index in [9.17, 15) is 0 Å². The van der Waals surface area contributed by atoms with Gasteiger partial charge >= 0.3 is 0 Å². The van der Waals surface area contributed by atoms with Crippen molar-refractivity contribution in [2.24, 2.45) is 0 Å². The summed E-state index contributed by atoms with van der Waals surface area (Å²) in [5.74, 6) is 1.50. The molecule has 1 aromatic carbocycles. The third-order valence-electron chi connectivity index (χ3n) is 4.91. The van der Waals surface area contributed by atoms with E-state index in [-0.39, 0.29) is 0 Å². The summed E-state index contributed by atoms with van der Waals surface area (Å²) >= 11 is 6.03. The van der Waals surface area contributed by atoms with E-state index in [1.165, 1.54) is 0 Å². The van der Waals surface area contributed by atoms with Crippen LogP contribution >= 0.6 is 11.6 Å². The van der Waals surface area contributed by atoms with Crippen molar-refractivity contribution in [1.82, 2.24) is 19.9 Å². The van der Waals surface area contributed by atoms with E-state index in [1.54, 1.807) is 12.4 Å². The summed E-state index contributed by atoms with van der Waals surface area (Å²) < 4.78 is 5.51. The van der Waals surface area contributed by atoms with Crippen LogP contribution in [0.25, 0.3) is 33.7 Å². The molecule has 29 heavy (non-hydrogen) atoms. The van der Waals surface area contributed by atoms with Gasteiger partial charge in [-0.1, -0.05) is 23.7 Å². The van der Waals surface area contributed by atoms with Crippen LogP contribution in [0.3, 0.4) is 0 Å². The predicted octanol–water partition coefficient (Wildman–Crippen LogP) is 4.24. The molecule has 0 aliphatic carbocycles. The van der Waals surface area contributed by atoms with Gasteiger partial charge in [-0.05, 0) is 36.4 Å². The van der Waals surface area contributed by atoms with E-state index >= 15 is 0 Å². The Morgan fingerprint density at radius 2 is 1.69 bits per heavy atom. The minimum absolute atomic E-state index is 0.618. The van der Waals surface area contributed by atoms with Gasteiger partial charge in [0.15, 0.2) is 11.5 Å². The zero-order valence-corrected chi connectivity index (χ0v) is 16.4. The number of halogens is 1. The number of hydrogen-bond acceptors (Lipinski definition) is 6. The second kappa shape index (κ2) is 7.73. The molecule has 0 amide bonds. The molecule has 0 radical (unpaired) electrons. The van der Waals surface area contributed by atoms with Crippen LogP contribution in [0.4, 0.5) is 5.82 Å². The quantitative estimate of drug-likeness (QED) is 0.509. The summed E-state index contributed by atoms with van der Waals surface area (Å²) in [5, 5.41) is 1.63. The van der Waals surface area contributed by atoms with E-state index in [4.69, 9.17) is 31.3 Å². The van der Waals surface area contributed by atoms with E-state index in [0.29, 0.717) is 29.7 Å². The minimum atomic E-state index is 0.618. The largest absolute Gasteiger partial charge is 0.378 e. The van der Waals surface area contributed by atoms with Crippen molar-refractivity contribution in [3.63, 3.8) is 0 Å². The molecule has 3 aromatic heterocycles. The first-order chi connectivity index (χ1) is 14.3. The zero-order valence-electron chi connectivity index (χ0n) is 15.6. The molecule has 6 nitrogen and oxygen atoms in total. The molecule has 0 unspecified atom stereocenters. The molecule has 144 valence electrons. The third kappa shape index (κ3) is 3.64. The fourth-order valence-corrected chi connectivity index (χ4v) is 3.54. The molecule has 1 aliphatic heterocycles. The van der Waals surface area contributed by atoms with Gasteiger partial charge in [-0.3, -0.25) is 4.98 Å². The van der Waals surface area contributed by atoms with Gasteiger partial charge in [0, 0.05) is 41.6 Å². The molecule has 7 heteroatoms. The average Bonchev–Trinajstić information content (AvgIpc) is 2.79. The molecular formula is C22H18ClN5O. The van der Waals surface area contributed by atoms with Crippen molar-refractivity contribution in [1.29, 1.82) is 0 Å². The zero-order chi connectivity index (χ0) is 19.6. The molecule has 0 N–H and O–H groups in total. The number of fused-ring (bicyclic) bond motifs is 1. The van der Waals surface area contributed by atoms with Gasteiger partial charge in [-0.2, -0.15) is 0 Å². The standard InChI is InChI=1S/C22H18ClN5O/c23-17-5-3-15(4-6-17)19-8-7-18-21(25-19)26-20(16-2-1-9-24-14-16)27-22(18)28-10-12-29-13-11-28/h1-9,14H,10-13H2. The van der Waals surface area contributed by atoms with Gasteiger partial charge < -0.3 is 9.64 Å². The monoisotopic (exact) mass is 403 g/mol. The van der Waals surface area contributed by atoms with Gasteiger partial charge in [-0.15, -0.1) is 0 Å². The van der Waals surface area contributed by atoms with Crippen LogP contribution in [-0.4, -0.2) is 46.2 Å². The first kappa shape index (κ1) is 18.0. The number of benzene rings is 1. The van der Waals surface area contributed by atoms with E-state index in [1.807, 2.05) is 48.5 Å². The third-order valence-corrected chi connectivity index (χ3v) is 5.16. The van der Waals surface area contributed by atoms with Crippen molar-refractivity contribution in [2.75, 3.05) is 31.2 Å². The number of rotatable bonds is 3. The lowest BCUT2D eigenvalue weighted by molar-refractivity contribution is 0.122. The van der Waals surface area contributed by atoms with Crippen LogP contribution in [0.1, 0.15) is 0 Å². The van der Waals surface area contributed by atoms with Crippen molar-refractivity contribution >= 4 is 28.5 Å². The fourth-order valence-electron chi connectivity index (χ4n) is 3.42. The molecule has 0 atom stereocenters. The first-order valence-corrected chi connectivity index (χ1v) is 9.83. The van der Waals surface area contributed by atoms with Gasteiger partial charge in [0.05, 0.1) is 24.3 Å². The Kier molecular flexibility index (Phi) is 4.79. The highest BCUT2D eigenvalue weighted by molar-refractivity contribution is 6.30. The Morgan fingerprint density at radius 3 is 2.45 bits per heavy atom. The maximum Gasteiger partial charge on any atom is 0.165 e. The number of anilines is 1. The molecule has 5 rings (SSSR count). The average molecular weight is 404 g/mol. The highest BCUT2D eigenvalue weighted by Gasteiger charge is 2.19. The van der Waals surface area contributed by atoms with E-state index in [0.717, 1.165) is 41.1 Å². The fraction of sp³-hybridized carbons (Fsp3) is 0.182. The molecule has 1 fully saturated rings. The number of nitrogens with zero attached hydrogens (tertiary/aromatic N) is 5. The summed E-state index contributed by atoms with van der Waals surface area (Å²) in [5.41, 5.74) is 3.36. The summed E-state index contributed by atoms with van der Waals surface area (Å²) in [6.07, 6.45) is 3.51. The van der Waals surface area contributed by atoms with Gasteiger partial charge in [-0.25, -0.2) is 15.0 Å². The van der Waals surface area contributed by atoms with Crippen LogP contribution in [-0.2, 0) is 4.74 Å². The Balaban J connectivity index is 1.68. The molecule has 0 bridgehead atoms. The lowest BCUT2D eigenvalue weighted by Gasteiger charge is -2.28. The maximum absolute atomic E-state index is 6.03. The van der Waals surface area contributed by atoms with Gasteiger partial charge in [0.1, 0.15) is 5.82 Å². The Labute approximate surface area is 173 Å². The molecule has 0 spiro atoms. The molecule has 4 heterocycles. The summed E-state index contributed by atoms with van der Waals surface area (Å²) in [7, 11) is 0. The highest BCUT2D eigenvalue weighted by atomic mass is 35.5. The summed E-state index contributed by atoms with van der Waals surface area (Å²) in [4.78, 5) is 20.9. The van der Waals surface area contributed by atoms with Crippen LogP contribution in [0, 0.1) is 0 Å². The van der Waals surface area contributed by atoms with Crippen LogP contribution in [0.5, 0.6) is 0 Å².